The van der Waals surface area contributed by atoms with Crippen molar-refractivity contribution in [2.45, 2.75) is 25.0 Å². The van der Waals surface area contributed by atoms with Crippen molar-refractivity contribution in [3.05, 3.63) is 35.4 Å². The average molecular weight is 328 g/mol. The second-order valence-electron chi connectivity index (χ2n) is 5.20. The third-order valence-electron chi connectivity index (χ3n) is 3.88. The minimum Gasteiger partial charge on any atom is -0.368 e. The third kappa shape index (κ3) is 4.19. The van der Waals surface area contributed by atoms with E-state index in [1.807, 2.05) is 6.07 Å². The highest BCUT2D eigenvalue weighted by Crippen LogP contribution is 2.22. The van der Waals surface area contributed by atoms with Crippen molar-refractivity contribution in [3.8, 4) is 0 Å². The number of amides is 2. The van der Waals surface area contributed by atoms with Crippen molar-refractivity contribution in [1.82, 2.24) is 10.6 Å². The molecule has 1 saturated heterocycles. The van der Waals surface area contributed by atoms with Crippen molar-refractivity contribution in [2.75, 3.05) is 20.2 Å². The fourth-order valence-electron chi connectivity index (χ4n) is 2.53. The fraction of sp³-hybridized carbons (Fsp3) is 0.467. The molecule has 1 aromatic carbocycles. The van der Waals surface area contributed by atoms with Crippen molar-refractivity contribution in [2.24, 2.45) is 5.73 Å². The summed E-state index contributed by atoms with van der Waals surface area (Å²) in [5, 5.41) is 6.09. The number of primary amides is 1. The Hall–Kier alpha value is -1.63. The molecule has 0 bridgehead atoms. The van der Waals surface area contributed by atoms with Crippen molar-refractivity contribution in [1.29, 1.82) is 0 Å². The zero-order valence-corrected chi connectivity index (χ0v) is 13.4. The highest BCUT2D eigenvalue weighted by Gasteiger charge is 2.39. The second kappa shape index (κ2) is 8.12. The summed E-state index contributed by atoms with van der Waals surface area (Å²) in [6.45, 7) is 1.87. The zero-order chi connectivity index (χ0) is 15.3. The molecule has 1 fully saturated rings. The summed E-state index contributed by atoms with van der Waals surface area (Å²) < 4.78 is 5.46. The number of nitrogens with one attached hydrogen (secondary N) is 2. The van der Waals surface area contributed by atoms with Gasteiger partial charge in [-0.25, -0.2) is 0 Å². The highest BCUT2D eigenvalue weighted by molar-refractivity contribution is 5.93. The highest BCUT2D eigenvalue weighted by atomic mass is 35.5. The van der Waals surface area contributed by atoms with E-state index in [-0.39, 0.29) is 18.3 Å². The lowest BCUT2D eigenvalue weighted by molar-refractivity contribution is -0.146. The molecule has 0 spiro atoms. The monoisotopic (exact) mass is 327 g/mol. The maximum Gasteiger partial charge on any atom is 0.252 e. The molecule has 4 N–H and O–H groups in total. The van der Waals surface area contributed by atoms with Crippen LogP contribution in [0.4, 0.5) is 0 Å². The predicted molar refractivity (Wildman–Crippen MR) is 85.9 cm³/mol. The summed E-state index contributed by atoms with van der Waals surface area (Å²) in [6.07, 6.45) is 1.30. The standard InChI is InChI=1S/C15H21N3O3.ClH/c1-21-15(5-7-17-8-6-15)14(20)18-10-11-3-2-4-12(9-11)13(16)19;/h2-4,9,17H,5-8,10H2,1H3,(H2,16,19)(H,18,20);1H. The van der Waals surface area contributed by atoms with Crippen LogP contribution in [0.5, 0.6) is 0 Å². The summed E-state index contributed by atoms with van der Waals surface area (Å²) in [4.78, 5) is 23.5. The van der Waals surface area contributed by atoms with Gasteiger partial charge in [0.2, 0.25) is 5.91 Å². The van der Waals surface area contributed by atoms with Crippen LogP contribution in [-0.4, -0.2) is 37.6 Å². The Morgan fingerprint density at radius 2 is 2.05 bits per heavy atom. The zero-order valence-electron chi connectivity index (χ0n) is 12.6. The lowest BCUT2D eigenvalue weighted by Gasteiger charge is -2.34. The Balaban J connectivity index is 0.00000242. The molecule has 2 rings (SSSR count). The number of benzene rings is 1. The van der Waals surface area contributed by atoms with E-state index in [1.165, 1.54) is 0 Å². The largest absolute Gasteiger partial charge is 0.368 e. The second-order valence-corrected chi connectivity index (χ2v) is 5.20. The van der Waals surface area contributed by atoms with Crippen LogP contribution in [-0.2, 0) is 16.1 Å². The summed E-state index contributed by atoms with van der Waals surface area (Å²) in [5.41, 5.74) is 5.76. The molecule has 22 heavy (non-hydrogen) atoms. The van der Waals surface area contributed by atoms with E-state index >= 15 is 0 Å². The summed E-state index contributed by atoms with van der Waals surface area (Å²) in [5.74, 6) is -0.592. The van der Waals surface area contributed by atoms with Gasteiger partial charge in [0.25, 0.3) is 5.91 Å². The number of ether oxygens (including phenoxy) is 1. The van der Waals surface area contributed by atoms with Crippen molar-refractivity contribution in [3.63, 3.8) is 0 Å². The minimum absolute atomic E-state index is 0. The maximum absolute atomic E-state index is 12.4. The van der Waals surface area contributed by atoms with Gasteiger partial charge in [-0.05, 0) is 43.6 Å². The van der Waals surface area contributed by atoms with Crippen LogP contribution in [0.3, 0.4) is 0 Å². The molecule has 0 radical (unpaired) electrons. The number of piperidine rings is 1. The maximum atomic E-state index is 12.4. The van der Waals surface area contributed by atoms with Gasteiger partial charge in [0, 0.05) is 19.2 Å². The summed E-state index contributed by atoms with van der Waals surface area (Å²) >= 11 is 0. The molecular formula is C15H22ClN3O3. The molecule has 6 nitrogen and oxygen atoms in total. The van der Waals surface area contributed by atoms with E-state index < -0.39 is 11.5 Å². The van der Waals surface area contributed by atoms with Gasteiger partial charge in [0.1, 0.15) is 5.60 Å². The lowest BCUT2D eigenvalue weighted by Crippen LogP contribution is -2.53. The normalized spacial score (nSPS) is 16.4. The first-order valence-electron chi connectivity index (χ1n) is 7.00. The van der Waals surface area contributed by atoms with Crippen molar-refractivity contribution < 1.29 is 14.3 Å². The van der Waals surface area contributed by atoms with Crippen LogP contribution < -0.4 is 16.4 Å². The van der Waals surface area contributed by atoms with Crippen LogP contribution in [0.2, 0.25) is 0 Å². The topological polar surface area (TPSA) is 93.4 Å². The van der Waals surface area contributed by atoms with E-state index in [0.29, 0.717) is 24.9 Å². The third-order valence-corrected chi connectivity index (χ3v) is 3.88. The van der Waals surface area contributed by atoms with Gasteiger partial charge in [0.15, 0.2) is 0 Å². The van der Waals surface area contributed by atoms with Gasteiger partial charge in [-0.15, -0.1) is 12.4 Å². The van der Waals surface area contributed by atoms with E-state index in [4.69, 9.17) is 10.5 Å². The van der Waals surface area contributed by atoms with E-state index in [2.05, 4.69) is 10.6 Å². The Morgan fingerprint density at radius 1 is 1.36 bits per heavy atom. The molecule has 2 amide bonds. The van der Waals surface area contributed by atoms with Crippen molar-refractivity contribution >= 4 is 24.2 Å². The van der Waals surface area contributed by atoms with Gasteiger partial charge in [-0.3, -0.25) is 9.59 Å². The number of carbonyl (C=O) groups is 2. The number of hydrogen-bond donors (Lipinski definition) is 3. The van der Waals surface area contributed by atoms with Gasteiger partial charge >= 0.3 is 0 Å². The molecule has 1 heterocycles. The fourth-order valence-corrected chi connectivity index (χ4v) is 2.53. The first-order chi connectivity index (χ1) is 10.1. The summed E-state index contributed by atoms with van der Waals surface area (Å²) in [6, 6.07) is 6.93. The van der Waals surface area contributed by atoms with Gasteiger partial charge in [0.05, 0.1) is 0 Å². The van der Waals surface area contributed by atoms with Crippen LogP contribution in [0.25, 0.3) is 0 Å². The predicted octanol–water partition coefficient (Wildman–Crippen LogP) is 0.592. The Bertz CT molecular complexity index is 531. The summed E-state index contributed by atoms with van der Waals surface area (Å²) in [7, 11) is 1.57. The lowest BCUT2D eigenvalue weighted by atomic mass is 9.91. The number of halogens is 1. The van der Waals surface area contributed by atoms with Crippen LogP contribution >= 0.6 is 12.4 Å². The number of methoxy groups -OCH3 is 1. The van der Waals surface area contributed by atoms with Gasteiger partial charge in [-0.1, -0.05) is 12.1 Å². The molecule has 0 aliphatic carbocycles. The molecule has 122 valence electrons. The molecule has 0 saturated carbocycles. The average Bonchev–Trinajstić information content (AvgIpc) is 2.53. The van der Waals surface area contributed by atoms with Crippen LogP contribution in [0.15, 0.2) is 24.3 Å². The van der Waals surface area contributed by atoms with Gasteiger partial charge in [-0.2, -0.15) is 0 Å². The number of nitrogens with two attached hydrogens (primary N) is 1. The smallest absolute Gasteiger partial charge is 0.252 e. The molecule has 1 aliphatic rings. The SMILES string of the molecule is COC1(C(=O)NCc2cccc(C(N)=O)c2)CCNCC1.Cl. The van der Waals surface area contributed by atoms with E-state index in [0.717, 1.165) is 18.7 Å². The minimum atomic E-state index is -0.757. The molecule has 0 aromatic heterocycles. The Kier molecular flexibility index (Phi) is 6.80. The first-order valence-corrected chi connectivity index (χ1v) is 7.00. The van der Waals surface area contributed by atoms with E-state index in [9.17, 15) is 9.59 Å². The molecule has 0 atom stereocenters. The van der Waals surface area contributed by atoms with Crippen LogP contribution in [0, 0.1) is 0 Å². The van der Waals surface area contributed by atoms with Crippen LogP contribution in [0.1, 0.15) is 28.8 Å². The number of rotatable bonds is 5. The Morgan fingerprint density at radius 3 is 2.64 bits per heavy atom. The molecule has 1 aromatic rings. The van der Waals surface area contributed by atoms with Gasteiger partial charge < -0.3 is 21.1 Å². The molecule has 7 heteroatoms. The number of hydrogen-bond acceptors (Lipinski definition) is 4. The Labute approximate surface area is 136 Å². The quantitative estimate of drug-likeness (QED) is 0.738. The molecular weight excluding hydrogens is 306 g/mol. The molecule has 1 aliphatic heterocycles. The number of carbonyl (C=O) groups excluding carboxylic acids is 2. The molecule has 0 unspecified atom stereocenters. The van der Waals surface area contributed by atoms with E-state index in [1.54, 1.807) is 25.3 Å². The first kappa shape index (κ1) is 18.4.